The fraction of sp³-hybridized carbons (Fsp3) is 0.333. The highest BCUT2D eigenvalue weighted by Gasteiger charge is 2.62. The van der Waals surface area contributed by atoms with Crippen molar-refractivity contribution in [2.75, 3.05) is 18.1 Å². The lowest BCUT2D eigenvalue weighted by Gasteiger charge is -2.34. The van der Waals surface area contributed by atoms with Crippen molar-refractivity contribution in [3.8, 4) is 5.69 Å². The van der Waals surface area contributed by atoms with Gasteiger partial charge in [-0.15, -0.1) is 3.89 Å². The summed E-state index contributed by atoms with van der Waals surface area (Å²) in [4.78, 5) is 18.0. The van der Waals surface area contributed by atoms with Crippen molar-refractivity contribution in [1.82, 2.24) is 13.4 Å². The van der Waals surface area contributed by atoms with Crippen molar-refractivity contribution >= 4 is 27.6 Å². The number of fused-ring (bicyclic) bond motifs is 2. The number of para-hydroxylation sites is 1. The SMILES string of the molecule is CS(=O)(=O)[N@+]1(C(=O)Nc2cn(-c3ccc(F)cc3)cn2)CC2(CCCCC2)c2ccccc21. The van der Waals surface area contributed by atoms with Crippen molar-refractivity contribution in [3.63, 3.8) is 0 Å². The first-order chi connectivity index (χ1) is 15.8. The number of aromatic nitrogens is 2. The zero-order valence-corrected chi connectivity index (χ0v) is 19.2. The summed E-state index contributed by atoms with van der Waals surface area (Å²) in [6.45, 7) is 0.190. The number of quaternary nitrogens is 1. The molecule has 3 aromatic rings. The van der Waals surface area contributed by atoms with Gasteiger partial charge in [0.2, 0.25) is 0 Å². The summed E-state index contributed by atoms with van der Waals surface area (Å²) >= 11 is 0. The molecule has 1 N–H and O–H groups in total. The molecule has 33 heavy (non-hydrogen) atoms. The highest BCUT2D eigenvalue weighted by atomic mass is 32.2. The number of nitrogens with zero attached hydrogens (tertiary/aromatic N) is 3. The Morgan fingerprint density at radius 3 is 2.48 bits per heavy atom. The summed E-state index contributed by atoms with van der Waals surface area (Å²) in [5.41, 5.74) is 1.83. The van der Waals surface area contributed by atoms with Crippen LogP contribution in [0.25, 0.3) is 5.69 Å². The number of urea groups is 1. The standard InChI is InChI=1S/C24H25FN4O3S/c1-33(31,32)29(16-24(13-5-2-6-14-24)20-7-3-4-8-21(20)29)23(30)27-22-15-28(17-26-22)19-11-9-18(25)10-12-19/h3-4,7-12,15,17H,2,5-6,13-14,16H2,1H3/p+1/t29-/m1/s1. The molecule has 1 saturated carbocycles. The average molecular weight is 470 g/mol. The molecule has 1 spiro atoms. The van der Waals surface area contributed by atoms with Crippen LogP contribution in [-0.2, 0) is 15.4 Å². The molecule has 7 nitrogen and oxygen atoms in total. The number of carbonyl (C=O) groups excluding carboxylic acids is 1. The van der Waals surface area contributed by atoms with Crippen LogP contribution in [0, 0.1) is 5.82 Å². The van der Waals surface area contributed by atoms with Gasteiger partial charge in [0.25, 0.3) is 0 Å². The molecule has 1 aromatic heterocycles. The number of hydrogen-bond donors (Lipinski definition) is 1. The number of rotatable bonds is 3. The van der Waals surface area contributed by atoms with Crippen LogP contribution in [0.3, 0.4) is 0 Å². The van der Waals surface area contributed by atoms with Crippen LogP contribution in [0.4, 0.5) is 20.7 Å². The number of hydrogen-bond acceptors (Lipinski definition) is 4. The number of amides is 2. The molecule has 1 atom stereocenters. The van der Waals surface area contributed by atoms with E-state index in [1.54, 1.807) is 35.0 Å². The molecule has 0 radical (unpaired) electrons. The maximum absolute atomic E-state index is 13.7. The smallest absolute Gasteiger partial charge is 0.304 e. The quantitative estimate of drug-likeness (QED) is 0.563. The van der Waals surface area contributed by atoms with Crippen molar-refractivity contribution < 1.29 is 17.6 Å². The summed E-state index contributed by atoms with van der Waals surface area (Å²) in [7, 11) is -3.87. The van der Waals surface area contributed by atoms with E-state index in [2.05, 4.69) is 10.3 Å². The van der Waals surface area contributed by atoms with Gasteiger partial charge in [0.05, 0.1) is 17.9 Å². The van der Waals surface area contributed by atoms with Gasteiger partial charge in [-0.05, 0) is 37.1 Å². The lowest BCUT2D eigenvalue weighted by atomic mass is 9.71. The van der Waals surface area contributed by atoms with E-state index >= 15 is 0 Å². The Labute approximate surface area is 192 Å². The van der Waals surface area contributed by atoms with Crippen LogP contribution in [-0.4, -0.2) is 36.8 Å². The van der Waals surface area contributed by atoms with E-state index in [1.807, 2.05) is 12.1 Å². The normalized spacial score (nSPS) is 21.6. The molecule has 2 amide bonds. The minimum atomic E-state index is -3.87. The summed E-state index contributed by atoms with van der Waals surface area (Å²) < 4.78 is 40.7. The molecule has 0 bridgehead atoms. The molecular formula is C24H26FN4O3S+. The minimum absolute atomic E-state index is 0.190. The number of halogens is 1. The molecule has 9 heteroatoms. The molecule has 1 aliphatic heterocycles. The number of sulfonamides is 1. The Hall–Kier alpha value is -3.04. The second-order valence-electron chi connectivity index (χ2n) is 9.06. The summed E-state index contributed by atoms with van der Waals surface area (Å²) in [5, 5.41) is 2.74. The topological polar surface area (TPSA) is 81.1 Å². The van der Waals surface area contributed by atoms with Gasteiger partial charge < -0.3 is 4.57 Å². The Balaban J connectivity index is 1.53. The second kappa shape index (κ2) is 7.78. The third-order valence-electron chi connectivity index (χ3n) is 7.04. The first-order valence-corrected chi connectivity index (χ1v) is 12.9. The summed E-state index contributed by atoms with van der Waals surface area (Å²) in [5.74, 6) is -0.121. The lowest BCUT2D eigenvalue weighted by molar-refractivity contribution is 0.223. The highest BCUT2D eigenvalue weighted by Crippen LogP contribution is 2.53. The number of imidazole rings is 1. The maximum atomic E-state index is 13.7. The zero-order valence-electron chi connectivity index (χ0n) is 18.4. The molecule has 1 aliphatic carbocycles. The third-order valence-corrected chi connectivity index (χ3v) is 8.66. The van der Waals surface area contributed by atoms with Gasteiger partial charge in [0.1, 0.15) is 18.7 Å². The minimum Gasteiger partial charge on any atom is -0.304 e. The van der Waals surface area contributed by atoms with Crippen LogP contribution in [0.15, 0.2) is 61.1 Å². The number of nitrogens with one attached hydrogen (secondary N) is 1. The summed E-state index contributed by atoms with van der Waals surface area (Å²) in [6, 6.07) is 12.7. The molecule has 2 aromatic carbocycles. The largest absolute Gasteiger partial charge is 0.442 e. The number of anilines is 1. The van der Waals surface area contributed by atoms with E-state index in [9.17, 15) is 17.6 Å². The molecule has 0 unspecified atom stereocenters. The Morgan fingerprint density at radius 1 is 1.09 bits per heavy atom. The van der Waals surface area contributed by atoms with E-state index in [4.69, 9.17) is 0 Å². The van der Waals surface area contributed by atoms with Crippen LogP contribution < -0.4 is 9.21 Å². The molecule has 2 heterocycles. The van der Waals surface area contributed by atoms with Crippen LogP contribution in [0.2, 0.25) is 0 Å². The zero-order chi connectivity index (χ0) is 23.3. The monoisotopic (exact) mass is 469 g/mol. The van der Waals surface area contributed by atoms with Gasteiger partial charge in [-0.2, -0.15) is 8.42 Å². The van der Waals surface area contributed by atoms with Gasteiger partial charge in [-0.25, -0.2) is 14.2 Å². The van der Waals surface area contributed by atoms with Crippen LogP contribution >= 0.6 is 0 Å². The fourth-order valence-electron chi connectivity index (χ4n) is 5.46. The molecule has 5 rings (SSSR count). The van der Waals surface area contributed by atoms with Crippen LogP contribution in [0.5, 0.6) is 0 Å². The maximum Gasteiger partial charge on any atom is 0.442 e. The predicted octanol–water partition coefficient (Wildman–Crippen LogP) is 4.73. The first kappa shape index (κ1) is 21.8. The number of carbonyl (C=O) groups is 1. The van der Waals surface area contributed by atoms with Crippen molar-refractivity contribution in [1.29, 1.82) is 0 Å². The molecule has 0 saturated heterocycles. The van der Waals surface area contributed by atoms with Crippen LogP contribution in [0.1, 0.15) is 37.7 Å². The average Bonchev–Trinajstić information content (AvgIpc) is 3.37. The van der Waals surface area contributed by atoms with Gasteiger partial charge >= 0.3 is 16.1 Å². The van der Waals surface area contributed by atoms with Gasteiger partial charge in [-0.3, -0.25) is 5.32 Å². The van der Waals surface area contributed by atoms with Gasteiger partial charge in [-0.1, -0.05) is 37.5 Å². The number of benzene rings is 2. The van der Waals surface area contributed by atoms with E-state index in [0.29, 0.717) is 11.4 Å². The second-order valence-corrected chi connectivity index (χ2v) is 11.2. The molecule has 1 fully saturated rings. The first-order valence-electron chi connectivity index (χ1n) is 11.1. The molecule has 2 aliphatic rings. The van der Waals surface area contributed by atoms with Crippen molar-refractivity contribution in [2.24, 2.45) is 0 Å². The van der Waals surface area contributed by atoms with Crippen molar-refractivity contribution in [2.45, 2.75) is 37.5 Å². The van der Waals surface area contributed by atoms with E-state index in [1.165, 1.54) is 18.5 Å². The predicted molar refractivity (Wildman–Crippen MR) is 125 cm³/mol. The Bertz CT molecular complexity index is 1310. The van der Waals surface area contributed by atoms with Gasteiger partial charge in [0, 0.05) is 17.3 Å². The fourth-order valence-corrected chi connectivity index (χ4v) is 6.80. The van der Waals surface area contributed by atoms with Gasteiger partial charge in [0.15, 0.2) is 11.5 Å². The van der Waals surface area contributed by atoms with Crippen molar-refractivity contribution in [3.05, 3.63) is 72.4 Å². The lowest BCUT2D eigenvalue weighted by Crippen LogP contribution is -2.61. The van der Waals surface area contributed by atoms with E-state index in [0.717, 1.165) is 43.9 Å². The summed E-state index contributed by atoms with van der Waals surface area (Å²) in [6.07, 6.45) is 9.09. The third kappa shape index (κ3) is 3.46. The van der Waals surface area contributed by atoms with E-state index in [-0.39, 0.29) is 23.6 Å². The highest BCUT2D eigenvalue weighted by molar-refractivity contribution is 7.90. The molecular weight excluding hydrogens is 443 g/mol. The molecule has 172 valence electrons. The van der Waals surface area contributed by atoms with E-state index < -0.39 is 19.9 Å². The Kier molecular flexibility index (Phi) is 5.13. The Morgan fingerprint density at radius 2 is 1.79 bits per heavy atom.